The van der Waals surface area contributed by atoms with Crippen LogP contribution in [0.15, 0.2) is 54.3 Å². The van der Waals surface area contributed by atoms with Crippen molar-refractivity contribution in [3.8, 4) is 0 Å². The van der Waals surface area contributed by atoms with Crippen molar-refractivity contribution in [2.45, 2.75) is 12.6 Å². The molecule has 3 rings (SSSR count). The Morgan fingerprint density at radius 1 is 1.26 bits per heavy atom. The van der Waals surface area contributed by atoms with Crippen molar-refractivity contribution in [3.63, 3.8) is 0 Å². The number of hydrogen-bond acceptors (Lipinski definition) is 4. The van der Waals surface area contributed by atoms with Gasteiger partial charge in [-0.25, -0.2) is 4.98 Å². The SMILES string of the molecule is c1ccc(C(NCc2cn[nH]c2)c2nccs2)cc1. The third-order valence-corrected chi connectivity index (χ3v) is 3.74. The summed E-state index contributed by atoms with van der Waals surface area (Å²) in [5.74, 6) is 0. The highest BCUT2D eigenvalue weighted by Gasteiger charge is 2.15. The number of thiazole rings is 1. The van der Waals surface area contributed by atoms with Gasteiger partial charge >= 0.3 is 0 Å². The molecule has 2 N–H and O–H groups in total. The van der Waals surface area contributed by atoms with E-state index in [1.807, 2.05) is 30.0 Å². The summed E-state index contributed by atoms with van der Waals surface area (Å²) in [7, 11) is 0. The second-order valence-corrected chi connectivity index (χ2v) is 5.13. The van der Waals surface area contributed by atoms with Gasteiger partial charge in [0.25, 0.3) is 0 Å². The van der Waals surface area contributed by atoms with Crippen molar-refractivity contribution in [2.75, 3.05) is 0 Å². The second kappa shape index (κ2) is 5.77. The molecular formula is C14H14N4S. The van der Waals surface area contributed by atoms with E-state index in [1.165, 1.54) is 5.56 Å². The first-order chi connectivity index (χ1) is 9.43. The number of aromatic amines is 1. The molecule has 3 aromatic rings. The van der Waals surface area contributed by atoms with Crippen LogP contribution in [0.2, 0.25) is 0 Å². The molecule has 0 aliphatic carbocycles. The van der Waals surface area contributed by atoms with Gasteiger partial charge < -0.3 is 5.32 Å². The number of benzene rings is 1. The molecule has 0 saturated carbocycles. The fourth-order valence-corrected chi connectivity index (χ4v) is 2.70. The van der Waals surface area contributed by atoms with Crippen molar-refractivity contribution in [3.05, 3.63) is 70.4 Å². The molecule has 1 unspecified atom stereocenters. The molecule has 5 heteroatoms. The van der Waals surface area contributed by atoms with E-state index in [1.54, 1.807) is 11.3 Å². The first kappa shape index (κ1) is 12.1. The molecule has 19 heavy (non-hydrogen) atoms. The molecule has 0 saturated heterocycles. The molecule has 0 aliphatic rings. The summed E-state index contributed by atoms with van der Waals surface area (Å²) in [4.78, 5) is 4.43. The Balaban J connectivity index is 1.81. The van der Waals surface area contributed by atoms with Gasteiger partial charge in [0.1, 0.15) is 5.01 Å². The topological polar surface area (TPSA) is 53.6 Å². The minimum Gasteiger partial charge on any atom is -0.300 e. The van der Waals surface area contributed by atoms with Crippen LogP contribution in [0, 0.1) is 0 Å². The van der Waals surface area contributed by atoms with E-state index in [4.69, 9.17) is 0 Å². The van der Waals surface area contributed by atoms with Crippen LogP contribution in [0.5, 0.6) is 0 Å². The molecule has 1 atom stereocenters. The van der Waals surface area contributed by atoms with Gasteiger partial charge in [-0.3, -0.25) is 5.10 Å². The van der Waals surface area contributed by atoms with E-state index in [9.17, 15) is 0 Å². The molecule has 0 spiro atoms. The lowest BCUT2D eigenvalue weighted by Gasteiger charge is -2.16. The Hall–Kier alpha value is -1.98. The fraction of sp³-hybridized carbons (Fsp3) is 0.143. The van der Waals surface area contributed by atoms with Crippen LogP contribution in [-0.2, 0) is 6.54 Å². The van der Waals surface area contributed by atoms with E-state index in [0.717, 1.165) is 17.1 Å². The van der Waals surface area contributed by atoms with Crippen molar-refractivity contribution in [1.82, 2.24) is 20.5 Å². The lowest BCUT2D eigenvalue weighted by atomic mass is 10.1. The number of nitrogens with one attached hydrogen (secondary N) is 2. The highest BCUT2D eigenvalue weighted by Crippen LogP contribution is 2.23. The zero-order valence-corrected chi connectivity index (χ0v) is 11.1. The molecule has 0 amide bonds. The van der Waals surface area contributed by atoms with Crippen molar-refractivity contribution >= 4 is 11.3 Å². The second-order valence-electron chi connectivity index (χ2n) is 4.20. The van der Waals surface area contributed by atoms with Crippen LogP contribution in [-0.4, -0.2) is 15.2 Å². The summed E-state index contributed by atoms with van der Waals surface area (Å²) >= 11 is 1.67. The lowest BCUT2D eigenvalue weighted by molar-refractivity contribution is 0.602. The van der Waals surface area contributed by atoms with E-state index in [-0.39, 0.29) is 6.04 Å². The average molecular weight is 270 g/mol. The molecule has 96 valence electrons. The van der Waals surface area contributed by atoms with E-state index in [0.29, 0.717) is 0 Å². The molecular weight excluding hydrogens is 256 g/mol. The molecule has 0 fully saturated rings. The van der Waals surface area contributed by atoms with Crippen LogP contribution in [0.25, 0.3) is 0 Å². The van der Waals surface area contributed by atoms with Gasteiger partial charge in [-0.15, -0.1) is 11.3 Å². The summed E-state index contributed by atoms with van der Waals surface area (Å²) in [5, 5.41) is 13.4. The van der Waals surface area contributed by atoms with Crippen molar-refractivity contribution in [1.29, 1.82) is 0 Å². The average Bonchev–Trinajstić information content (AvgIpc) is 3.13. The van der Waals surface area contributed by atoms with Crippen LogP contribution < -0.4 is 5.32 Å². The molecule has 2 heterocycles. The largest absolute Gasteiger partial charge is 0.300 e. The fourth-order valence-electron chi connectivity index (χ4n) is 1.96. The highest BCUT2D eigenvalue weighted by molar-refractivity contribution is 7.09. The molecule has 0 radical (unpaired) electrons. The summed E-state index contributed by atoms with van der Waals surface area (Å²) in [6.45, 7) is 0.760. The monoisotopic (exact) mass is 270 g/mol. The lowest BCUT2D eigenvalue weighted by Crippen LogP contribution is -2.21. The molecule has 2 aromatic heterocycles. The Morgan fingerprint density at radius 2 is 2.16 bits per heavy atom. The maximum Gasteiger partial charge on any atom is 0.114 e. The minimum atomic E-state index is 0.121. The first-order valence-electron chi connectivity index (χ1n) is 6.09. The first-order valence-corrected chi connectivity index (χ1v) is 6.97. The zero-order valence-electron chi connectivity index (χ0n) is 10.3. The smallest absolute Gasteiger partial charge is 0.114 e. The zero-order chi connectivity index (χ0) is 12.9. The third kappa shape index (κ3) is 2.89. The Kier molecular flexibility index (Phi) is 3.67. The molecule has 0 aliphatic heterocycles. The van der Waals surface area contributed by atoms with Gasteiger partial charge in [0.2, 0.25) is 0 Å². The van der Waals surface area contributed by atoms with Gasteiger partial charge in [0, 0.05) is 29.9 Å². The van der Waals surface area contributed by atoms with Crippen molar-refractivity contribution < 1.29 is 0 Å². The van der Waals surface area contributed by atoms with Gasteiger partial charge in [0.05, 0.1) is 12.2 Å². The highest BCUT2D eigenvalue weighted by atomic mass is 32.1. The third-order valence-electron chi connectivity index (χ3n) is 2.90. The standard InChI is InChI=1S/C14H14N4S/c1-2-4-12(5-3-1)13(14-15-6-7-19-14)16-8-11-9-17-18-10-11/h1-7,9-10,13,16H,8H2,(H,17,18). The number of H-pyrrole nitrogens is 1. The predicted molar refractivity (Wildman–Crippen MR) is 75.8 cm³/mol. The number of rotatable bonds is 5. The van der Waals surface area contributed by atoms with Crippen LogP contribution in [0.4, 0.5) is 0 Å². The van der Waals surface area contributed by atoms with Gasteiger partial charge in [0.15, 0.2) is 0 Å². The summed E-state index contributed by atoms with van der Waals surface area (Å²) < 4.78 is 0. The van der Waals surface area contributed by atoms with Crippen LogP contribution >= 0.6 is 11.3 Å². The van der Waals surface area contributed by atoms with Crippen molar-refractivity contribution in [2.24, 2.45) is 0 Å². The number of aromatic nitrogens is 3. The van der Waals surface area contributed by atoms with E-state index >= 15 is 0 Å². The number of hydrogen-bond donors (Lipinski definition) is 2. The quantitative estimate of drug-likeness (QED) is 0.749. The van der Waals surface area contributed by atoms with Gasteiger partial charge in [-0.2, -0.15) is 5.10 Å². The molecule has 0 bridgehead atoms. The normalized spacial score (nSPS) is 12.4. The summed E-state index contributed by atoms with van der Waals surface area (Å²) in [5.41, 5.74) is 2.36. The van der Waals surface area contributed by atoms with Crippen LogP contribution in [0.3, 0.4) is 0 Å². The maximum absolute atomic E-state index is 4.43. The maximum atomic E-state index is 4.43. The Labute approximate surface area is 115 Å². The van der Waals surface area contributed by atoms with Gasteiger partial charge in [-0.1, -0.05) is 30.3 Å². The molecule has 4 nitrogen and oxygen atoms in total. The minimum absolute atomic E-state index is 0.121. The Morgan fingerprint density at radius 3 is 2.84 bits per heavy atom. The summed E-state index contributed by atoms with van der Waals surface area (Å²) in [6, 6.07) is 10.5. The molecule has 1 aromatic carbocycles. The van der Waals surface area contributed by atoms with E-state index in [2.05, 4.69) is 44.8 Å². The summed E-state index contributed by atoms with van der Waals surface area (Å²) in [6.07, 6.45) is 5.57. The Bertz CT molecular complexity index is 590. The van der Waals surface area contributed by atoms with Crippen LogP contribution in [0.1, 0.15) is 22.2 Å². The van der Waals surface area contributed by atoms with E-state index < -0.39 is 0 Å². The number of nitrogens with zero attached hydrogens (tertiary/aromatic N) is 2. The predicted octanol–water partition coefficient (Wildman–Crippen LogP) is 2.75. The van der Waals surface area contributed by atoms with Gasteiger partial charge in [-0.05, 0) is 5.56 Å².